The van der Waals surface area contributed by atoms with E-state index < -0.39 is 20.0 Å². The van der Waals surface area contributed by atoms with Gasteiger partial charge in [-0.1, -0.05) is 237 Å². The molecule has 0 fully saturated rings. The van der Waals surface area contributed by atoms with Crippen LogP contribution in [0.2, 0.25) is 0 Å². The molecular formula is C64H108N2O6P+. The molecule has 3 unspecified atom stereocenters. The molecule has 0 heterocycles. The Kier molecular flexibility index (Phi) is 50.6. The number of quaternary nitrogens is 1. The maximum absolute atomic E-state index is 12.9. The highest BCUT2D eigenvalue weighted by molar-refractivity contribution is 7.47. The van der Waals surface area contributed by atoms with E-state index in [1.165, 1.54) is 57.8 Å². The van der Waals surface area contributed by atoms with Gasteiger partial charge >= 0.3 is 7.82 Å². The number of hydrogen-bond acceptors (Lipinski definition) is 5. The van der Waals surface area contributed by atoms with Crippen molar-refractivity contribution in [3.05, 3.63) is 146 Å². The summed E-state index contributed by atoms with van der Waals surface area (Å²) in [6.45, 7) is 4.64. The van der Waals surface area contributed by atoms with Gasteiger partial charge in [-0.15, -0.1) is 0 Å². The van der Waals surface area contributed by atoms with Gasteiger partial charge in [0.1, 0.15) is 13.2 Å². The van der Waals surface area contributed by atoms with E-state index in [2.05, 4.69) is 153 Å². The number of nitrogens with zero attached hydrogens (tertiary/aromatic N) is 1. The molecule has 0 rings (SSSR count). The number of rotatable bonds is 50. The van der Waals surface area contributed by atoms with Crippen molar-refractivity contribution in [2.45, 2.75) is 212 Å². The van der Waals surface area contributed by atoms with Gasteiger partial charge in [0.25, 0.3) is 0 Å². The van der Waals surface area contributed by atoms with Crippen molar-refractivity contribution in [3.8, 4) is 0 Å². The van der Waals surface area contributed by atoms with Crippen LogP contribution in [0.1, 0.15) is 200 Å². The zero-order valence-corrected chi connectivity index (χ0v) is 48.0. The van der Waals surface area contributed by atoms with E-state index in [1.54, 1.807) is 6.08 Å². The fraction of sp³-hybridized carbons (Fsp3) is 0.609. The molecule has 0 saturated carbocycles. The van der Waals surface area contributed by atoms with Crippen LogP contribution in [0.5, 0.6) is 0 Å². The molecule has 0 aliphatic carbocycles. The molecule has 8 nitrogen and oxygen atoms in total. The van der Waals surface area contributed by atoms with Crippen LogP contribution in [0.25, 0.3) is 0 Å². The summed E-state index contributed by atoms with van der Waals surface area (Å²) in [7, 11) is 1.54. The van der Waals surface area contributed by atoms with Crippen LogP contribution < -0.4 is 5.32 Å². The Bertz CT molecular complexity index is 1690. The van der Waals surface area contributed by atoms with Gasteiger partial charge in [0.2, 0.25) is 5.91 Å². The minimum absolute atomic E-state index is 0.0517. The largest absolute Gasteiger partial charge is 0.472 e. The SMILES string of the molecule is CC/C=C\C/C=C\C/C=C\C/C=C\C/C=C\C/C=C\C/C=C\C/C=C\C/C=C\C/C=C\C/C=C\CCCCCCCCCC(=O)NC(COP(=O)(O)OCC[N+](C)(C)C)C(O)/C=C/CCCCCCCCCC. The van der Waals surface area contributed by atoms with Crippen molar-refractivity contribution in [1.29, 1.82) is 0 Å². The van der Waals surface area contributed by atoms with Gasteiger partial charge in [-0.2, -0.15) is 0 Å². The molecule has 3 N–H and O–H groups in total. The van der Waals surface area contributed by atoms with E-state index in [-0.39, 0.29) is 19.1 Å². The standard InChI is InChI=1S/C64H107N2O6P/c1-6-8-10-12-14-16-18-19-20-21-22-23-24-25-26-27-28-29-30-31-32-33-34-35-36-37-38-39-40-41-42-43-44-45-46-47-48-50-52-54-56-58-64(68)65-62(61-72-73(69,70)71-60-59-66(3,4)5)63(67)57-55-53-51-49-17-15-13-11-9-7-2/h8,10,14,16,19-20,22-23,25-26,28-29,31-32,34-35,37-38,40-41,43-44,55,57,62-63,67H,6-7,9,11-13,15,17-18,21,24,27,30,33,36,39,42,45-54,56,58-61H2,1-5H3,(H-,65,68,69,70)/p+1/b10-8-,16-14-,20-19-,23-22-,26-25-,29-28-,32-31-,35-34-,38-37-,41-40-,44-43-,57-55+. The first kappa shape index (κ1) is 69.4. The topological polar surface area (TPSA) is 105 Å². The summed E-state index contributed by atoms with van der Waals surface area (Å²) in [6.07, 6.45) is 82.4. The van der Waals surface area contributed by atoms with Crippen LogP contribution in [-0.4, -0.2) is 73.4 Å². The summed E-state index contributed by atoms with van der Waals surface area (Å²) in [4.78, 5) is 23.2. The number of carbonyl (C=O) groups is 1. The van der Waals surface area contributed by atoms with Crippen molar-refractivity contribution in [2.24, 2.45) is 0 Å². The van der Waals surface area contributed by atoms with Gasteiger partial charge < -0.3 is 19.8 Å². The van der Waals surface area contributed by atoms with Crippen LogP contribution in [0.4, 0.5) is 0 Å². The van der Waals surface area contributed by atoms with Crippen LogP contribution >= 0.6 is 7.82 Å². The number of phosphoric acid groups is 1. The van der Waals surface area contributed by atoms with E-state index in [9.17, 15) is 19.4 Å². The van der Waals surface area contributed by atoms with Crippen LogP contribution in [-0.2, 0) is 18.4 Å². The first-order valence-corrected chi connectivity index (χ1v) is 30.2. The predicted molar refractivity (Wildman–Crippen MR) is 317 cm³/mol. The first-order valence-electron chi connectivity index (χ1n) is 28.7. The summed E-state index contributed by atoms with van der Waals surface area (Å²) in [5.41, 5.74) is 0. The van der Waals surface area contributed by atoms with Crippen LogP contribution in [0.15, 0.2) is 146 Å². The maximum Gasteiger partial charge on any atom is 0.472 e. The van der Waals surface area contributed by atoms with Gasteiger partial charge in [0.05, 0.1) is 39.9 Å². The number of hydrogen-bond donors (Lipinski definition) is 3. The number of likely N-dealkylation sites (N-methyl/N-ethyl adjacent to an activating group) is 1. The fourth-order valence-electron chi connectivity index (χ4n) is 7.34. The van der Waals surface area contributed by atoms with Crippen molar-refractivity contribution in [2.75, 3.05) is 40.9 Å². The molecule has 0 radical (unpaired) electrons. The van der Waals surface area contributed by atoms with E-state index in [0.717, 1.165) is 122 Å². The number of amides is 1. The minimum atomic E-state index is -4.35. The molecule has 414 valence electrons. The summed E-state index contributed by atoms with van der Waals surface area (Å²) in [6, 6.07) is -0.861. The van der Waals surface area contributed by atoms with Crippen molar-refractivity contribution in [3.63, 3.8) is 0 Å². The highest BCUT2D eigenvalue weighted by Crippen LogP contribution is 2.43. The zero-order valence-electron chi connectivity index (χ0n) is 47.1. The lowest BCUT2D eigenvalue weighted by Crippen LogP contribution is -2.45. The number of unbranched alkanes of at least 4 members (excludes halogenated alkanes) is 15. The molecule has 0 aromatic carbocycles. The van der Waals surface area contributed by atoms with E-state index in [1.807, 2.05) is 27.2 Å². The summed E-state index contributed by atoms with van der Waals surface area (Å²) in [5.74, 6) is -0.197. The molecule has 0 aromatic rings. The third-order valence-corrected chi connectivity index (χ3v) is 12.8. The third kappa shape index (κ3) is 56.0. The average Bonchev–Trinajstić information content (AvgIpc) is 3.35. The quantitative estimate of drug-likeness (QED) is 0.0243. The van der Waals surface area contributed by atoms with Crippen LogP contribution in [0.3, 0.4) is 0 Å². The lowest BCUT2D eigenvalue weighted by Gasteiger charge is -2.25. The fourth-order valence-corrected chi connectivity index (χ4v) is 8.07. The minimum Gasteiger partial charge on any atom is -0.387 e. The third-order valence-electron chi connectivity index (χ3n) is 11.8. The number of nitrogens with one attached hydrogen (secondary N) is 1. The summed E-state index contributed by atoms with van der Waals surface area (Å²) < 4.78 is 23.6. The van der Waals surface area contributed by atoms with Crippen LogP contribution in [0, 0.1) is 0 Å². The Hall–Kier alpha value is -3.62. The molecule has 0 spiro atoms. The zero-order chi connectivity index (χ0) is 53.5. The molecule has 3 atom stereocenters. The first-order chi connectivity index (χ1) is 35.5. The van der Waals surface area contributed by atoms with Crippen molar-refractivity contribution < 1.29 is 32.9 Å². The van der Waals surface area contributed by atoms with Crippen molar-refractivity contribution in [1.82, 2.24) is 5.32 Å². The number of carbonyl (C=O) groups excluding carboxylic acids is 1. The molecule has 0 bridgehead atoms. The second kappa shape index (κ2) is 53.2. The summed E-state index contributed by atoms with van der Waals surface area (Å²) >= 11 is 0. The molecule has 9 heteroatoms. The molecule has 0 aliphatic heterocycles. The second-order valence-electron chi connectivity index (χ2n) is 19.9. The highest BCUT2D eigenvalue weighted by atomic mass is 31.2. The second-order valence-corrected chi connectivity index (χ2v) is 21.4. The number of aliphatic hydroxyl groups is 1. The van der Waals surface area contributed by atoms with Crippen molar-refractivity contribution >= 4 is 13.7 Å². The Balaban J connectivity index is 4.09. The monoisotopic (exact) mass is 1030 g/mol. The number of aliphatic hydroxyl groups excluding tert-OH is 1. The average molecular weight is 1030 g/mol. The molecule has 1 amide bonds. The molecule has 0 aliphatic rings. The van der Waals surface area contributed by atoms with Gasteiger partial charge in [-0.05, 0) is 103 Å². The Morgan fingerprint density at radius 2 is 0.822 bits per heavy atom. The van der Waals surface area contributed by atoms with E-state index in [0.29, 0.717) is 17.4 Å². The lowest BCUT2D eigenvalue weighted by molar-refractivity contribution is -0.870. The van der Waals surface area contributed by atoms with Gasteiger partial charge in [-0.25, -0.2) is 4.57 Å². The predicted octanol–water partition coefficient (Wildman–Crippen LogP) is 17.7. The molecule has 0 saturated heterocycles. The number of phosphoric ester groups is 1. The van der Waals surface area contributed by atoms with E-state index in [4.69, 9.17) is 9.05 Å². The summed E-state index contributed by atoms with van der Waals surface area (Å²) in [5, 5.41) is 13.8. The molecule has 73 heavy (non-hydrogen) atoms. The molecular weight excluding hydrogens is 924 g/mol. The van der Waals surface area contributed by atoms with Gasteiger partial charge in [0.15, 0.2) is 0 Å². The Morgan fingerprint density at radius 3 is 1.21 bits per heavy atom. The van der Waals surface area contributed by atoms with E-state index >= 15 is 0 Å². The van der Waals surface area contributed by atoms with Gasteiger partial charge in [-0.3, -0.25) is 13.8 Å². The Labute approximate surface area is 449 Å². The highest BCUT2D eigenvalue weighted by Gasteiger charge is 2.27. The smallest absolute Gasteiger partial charge is 0.387 e. The maximum atomic E-state index is 12.9. The normalized spacial score (nSPS) is 15.0. The lowest BCUT2D eigenvalue weighted by atomic mass is 10.1. The number of allylic oxidation sites excluding steroid dienone is 23. The molecule has 0 aromatic heterocycles. The van der Waals surface area contributed by atoms with Gasteiger partial charge in [0, 0.05) is 6.42 Å². The Morgan fingerprint density at radius 1 is 0.479 bits per heavy atom.